The van der Waals surface area contributed by atoms with Crippen molar-refractivity contribution in [1.29, 1.82) is 0 Å². The molecular weight excluding hydrogens is 376 g/mol. The second-order valence-electron chi connectivity index (χ2n) is 5.80. The molecule has 0 spiro atoms. The number of ether oxygens (including phenoxy) is 2. The number of rotatable bonds is 7. The van der Waals surface area contributed by atoms with Crippen molar-refractivity contribution in [2.45, 2.75) is 11.8 Å². The van der Waals surface area contributed by atoms with Crippen molar-refractivity contribution in [3.8, 4) is 11.5 Å². The van der Waals surface area contributed by atoms with Gasteiger partial charge in [0.15, 0.2) is 5.58 Å². The number of carbonyl (C=O) groups excluding carboxylic acids is 1. The largest absolute Gasteiger partial charge is 0.460 e. The Bertz CT molecular complexity index is 1050. The molecule has 0 amide bonds. The van der Waals surface area contributed by atoms with E-state index in [1.165, 1.54) is 11.8 Å². The number of carbonyl (C=O) groups is 1. The molecule has 0 N–H and O–H groups in total. The van der Waals surface area contributed by atoms with Gasteiger partial charge in [-0.05, 0) is 30.3 Å². The number of para-hydroxylation sites is 3. The van der Waals surface area contributed by atoms with Crippen molar-refractivity contribution >= 4 is 28.8 Å². The lowest BCUT2D eigenvalue weighted by Crippen LogP contribution is -2.07. The minimum Gasteiger partial charge on any atom is -0.460 e. The first-order chi connectivity index (χ1) is 13.8. The zero-order valence-electron chi connectivity index (χ0n) is 14.8. The molecule has 0 bridgehead atoms. The fourth-order valence-electron chi connectivity index (χ4n) is 2.49. The molecule has 4 aromatic rings. The standard InChI is InChI=1S/C21H16N2O4S/c24-20(14-28-21-23-17-8-2-4-10-19(17)27-21)25-13-15-6-1-3-9-18(15)26-16-7-5-11-22-12-16/h1-12H,13-14H2. The lowest BCUT2D eigenvalue weighted by molar-refractivity contribution is -0.141. The first-order valence-electron chi connectivity index (χ1n) is 8.58. The number of esters is 1. The molecule has 0 atom stereocenters. The lowest BCUT2D eigenvalue weighted by Gasteiger charge is -2.11. The maximum atomic E-state index is 12.1. The number of aromatic nitrogens is 2. The summed E-state index contributed by atoms with van der Waals surface area (Å²) in [6.45, 7) is 0.114. The maximum absolute atomic E-state index is 12.1. The smallest absolute Gasteiger partial charge is 0.316 e. The van der Waals surface area contributed by atoms with Crippen molar-refractivity contribution in [3.63, 3.8) is 0 Å². The van der Waals surface area contributed by atoms with E-state index in [2.05, 4.69) is 9.97 Å². The molecule has 4 rings (SSSR count). The van der Waals surface area contributed by atoms with Crippen molar-refractivity contribution in [2.75, 3.05) is 5.75 Å². The number of thioether (sulfide) groups is 1. The number of oxazole rings is 1. The van der Waals surface area contributed by atoms with Crippen LogP contribution in [-0.4, -0.2) is 21.7 Å². The summed E-state index contributed by atoms with van der Waals surface area (Å²) >= 11 is 1.20. The summed E-state index contributed by atoms with van der Waals surface area (Å²) in [7, 11) is 0. The monoisotopic (exact) mass is 392 g/mol. The molecule has 2 aromatic heterocycles. The highest BCUT2D eigenvalue weighted by atomic mass is 32.2. The predicted octanol–water partition coefficient (Wildman–Crippen LogP) is 4.85. The van der Waals surface area contributed by atoms with E-state index in [9.17, 15) is 4.79 Å². The first-order valence-corrected chi connectivity index (χ1v) is 9.56. The highest BCUT2D eigenvalue weighted by molar-refractivity contribution is 7.99. The zero-order valence-corrected chi connectivity index (χ0v) is 15.6. The predicted molar refractivity (Wildman–Crippen MR) is 105 cm³/mol. The fraction of sp³-hybridized carbons (Fsp3) is 0.0952. The second-order valence-corrected chi connectivity index (χ2v) is 6.72. The molecule has 140 valence electrons. The van der Waals surface area contributed by atoms with Gasteiger partial charge in [0, 0.05) is 11.8 Å². The van der Waals surface area contributed by atoms with Crippen LogP contribution in [-0.2, 0) is 16.1 Å². The van der Waals surface area contributed by atoms with Gasteiger partial charge in [-0.15, -0.1) is 0 Å². The van der Waals surface area contributed by atoms with Crippen LogP contribution in [0.2, 0.25) is 0 Å². The van der Waals surface area contributed by atoms with E-state index in [1.807, 2.05) is 54.6 Å². The summed E-state index contributed by atoms with van der Waals surface area (Å²) in [4.78, 5) is 20.5. The van der Waals surface area contributed by atoms with Gasteiger partial charge in [0.1, 0.15) is 29.4 Å². The van der Waals surface area contributed by atoms with Crippen molar-refractivity contribution < 1.29 is 18.7 Å². The maximum Gasteiger partial charge on any atom is 0.316 e. The zero-order chi connectivity index (χ0) is 19.2. The van der Waals surface area contributed by atoms with Crippen LogP contribution in [0.15, 0.2) is 82.7 Å². The lowest BCUT2D eigenvalue weighted by atomic mass is 10.2. The Kier molecular flexibility index (Phi) is 5.53. The highest BCUT2D eigenvalue weighted by Gasteiger charge is 2.12. The Balaban J connectivity index is 1.33. The Morgan fingerprint density at radius 2 is 1.89 bits per heavy atom. The van der Waals surface area contributed by atoms with Gasteiger partial charge in [0.05, 0.1) is 6.20 Å². The average molecular weight is 392 g/mol. The molecule has 0 aliphatic heterocycles. The number of pyridine rings is 1. The van der Waals surface area contributed by atoms with Gasteiger partial charge < -0.3 is 13.9 Å². The van der Waals surface area contributed by atoms with E-state index in [0.29, 0.717) is 22.3 Å². The molecule has 7 heteroatoms. The molecule has 0 unspecified atom stereocenters. The molecule has 0 saturated heterocycles. The van der Waals surface area contributed by atoms with Crippen LogP contribution in [0.4, 0.5) is 0 Å². The van der Waals surface area contributed by atoms with Gasteiger partial charge in [-0.25, -0.2) is 4.98 Å². The van der Waals surface area contributed by atoms with Gasteiger partial charge >= 0.3 is 5.97 Å². The number of hydrogen-bond donors (Lipinski definition) is 0. The fourth-order valence-corrected chi connectivity index (χ4v) is 3.13. The second kappa shape index (κ2) is 8.58. The highest BCUT2D eigenvalue weighted by Crippen LogP contribution is 2.26. The molecular formula is C21H16N2O4S. The van der Waals surface area contributed by atoms with Gasteiger partial charge in [0.25, 0.3) is 5.22 Å². The van der Waals surface area contributed by atoms with Crippen molar-refractivity contribution in [1.82, 2.24) is 9.97 Å². The minimum absolute atomic E-state index is 0.110. The number of benzene rings is 2. The van der Waals surface area contributed by atoms with Crippen LogP contribution in [0.1, 0.15) is 5.56 Å². The van der Waals surface area contributed by atoms with Crippen LogP contribution in [0.5, 0.6) is 11.5 Å². The molecule has 0 aliphatic carbocycles. The summed E-state index contributed by atoms with van der Waals surface area (Å²) < 4.78 is 16.8. The third-order valence-corrected chi connectivity index (χ3v) is 4.61. The number of fused-ring (bicyclic) bond motifs is 1. The minimum atomic E-state index is -0.358. The molecule has 28 heavy (non-hydrogen) atoms. The SMILES string of the molecule is O=C(CSc1nc2ccccc2o1)OCc1ccccc1Oc1cccnc1. The van der Waals surface area contributed by atoms with E-state index < -0.39 is 0 Å². The van der Waals surface area contributed by atoms with Gasteiger partial charge in [0.2, 0.25) is 0 Å². The third-order valence-electron chi connectivity index (χ3n) is 3.81. The average Bonchev–Trinajstić information content (AvgIpc) is 3.15. The van der Waals surface area contributed by atoms with Crippen LogP contribution in [0.3, 0.4) is 0 Å². The third kappa shape index (κ3) is 4.50. The Labute approximate surface area is 165 Å². The van der Waals surface area contributed by atoms with E-state index in [0.717, 1.165) is 11.1 Å². The van der Waals surface area contributed by atoms with E-state index in [1.54, 1.807) is 18.5 Å². The Morgan fingerprint density at radius 3 is 2.75 bits per heavy atom. The first kappa shape index (κ1) is 18.1. The van der Waals surface area contributed by atoms with E-state index >= 15 is 0 Å². The molecule has 0 radical (unpaired) electrons. The quantitative estimate of drug-likeness (QED) is 0.329. The molecule has 6 nitrogen and oxygen atoms in total. The van der Waals surface area contributed by atoms with Crippen LogP contribution >= 0.6 is 11.8 Å². The Morgan fingerprint density at radius 1 is 1.04 bits per heavy atom. The summed E-state index contributed by atoms with van der Waals surface area (Å²) in [5.41, 5.74) is 2.23. The van der Waals surface area contributed by atoms with Gasteiger partial charge in [-0.1, -0.05) is 42.1 Å². The van der Waals surface area contributed by atoms with Gasteiger partial charge in [-0.2, -0.15) is 0 Å². The Hall–Kier alpha value is -3.32. The summed E-state index contributed by atoms with van der Waals surface area (Å²) in [5.74, 6) is 0.990. The summed E-state index contributed by atoms with van der Waals surface area (Å²) in [5, 5.41) is 0.443. The molecule has 2 aromatic carbocycles. The van der Waals surface area contributed by atoms with Crippen molar-refractivity contribution in [2.24, 2.45) is 0 Å². The molecule has 0 aliphatic rings. The topological polar surface area (TPSA) is 74.5 Å². The van der Waals surface area contributed by atoms with Crippen LogP contribution in [0.25, 0.3) is 11.1 Å². The normalized spacial score (nSPS) is 10.7. The van der Waals surface area contributed by atoms with Crippen LogP contribution < -0.4 is 4.74 Å². The number of nitrogens with zero attached hydrogens (tertiary/aromatic N) is 2. The summed E-state index contributed by atoms with van der Waals surface area (Å²) in [6, 6.07) is 18.5. The van der Waals surface area contributed by atoms with E-state index in [-0.39, 0.29) is 18.3 Å². The van der Waals surface area contributed by atoms with Crippen molar-refractivity contribution in [3.05, 3.63) is 78.6 Å². The molecule has 0 fully saturated rings. The number of hydrogen-bond acceptors (Lipinski definition) is 7. The molecule has 2 heterocycles. The van der Waals surface area contributed by atoms with Gasteiger partial charge in [-0.3, -0.25) is 9.78 Å². The van der Waals surface area contributed by atoms with E-state index in [4.69, 9.17) is 13.9 Å². The molecule has 0 saturated carbocycles. The van der Waals surface area contributed by atoms with Crippen LogP contribution in [0, 0.1) is 0 Å². The summed E-state index contributed by atoms with van der Waals surface area (Å²) in [6.07, 6.45) is 3.30.